The summed E-state index contributed by atoms with van der Waals surface area (Å²) < 4.78 is 10.8. The first-order valence-electron chi connectivity index (χ1n) is 7.03. The predicted octanol–water partition coefficient (Wildman–Crippen LogP) is 3.76. The van der Waals surface area contributed by atoms with Gasteiger partial charge in [-0.15, -0.1) is 10.2 Å². The monoisotopic (exact) mass is 403 g/mol. The third-order valence-corrected chi connectivity index (χ3v) is 3.86. The standard InChI is InChI=1S/C16H10BrN3O5/c17-12-7-6-11(8-13(12)20(22)23)16(21)24-9-14-18-19-15(25-14)10-4-2-1-3-5-10/h1-8H,9H2. The van der Waals surface area contributed by atoms with Crippen LogP contribution in [-0.4, -0.2) is 21.1 Å². The first-order chi connectivity index (χ1) is 12.0. The van der Waals surface area contributed by atoms with Crippen molar-refractivity contribution in [2.75, 3.05) is 0 Å². The fourth-order valence-electron chi connectivity index (χ4n) is 2.00. The van der Waals surface area contributed by atoms with Crippen molar-refractivity contribution < 1.29 is 18.9 Å². The number of rotatable bonds is 5. The lowest BCUT2D eigenvalue weighted by molar-refractivity contribution is -0.385. The van der Waals surface area contributed by atoms with Gasteiger partial charge in [-0.1, -0.05) is 18.2 Å². The van der Waals surface area contributed by atoms with Gasteiger partial charge in [0.25, 0.3) is 11.6 Å². The number of nitrogens with zero attached hydrogens (tertiary/aromatic N) is 3. The molecule has 0 aliphatic carbocycles. The normalized spacial score (nSPS) is 10.4. The third-order valence-electron chi connectivity index (χ3n) is 3.19. The first-order valence-corrected chi connectivity index (χ1v) is 7.83. The van der Waals surface area contributed by atoms with Crippen molar-refractivity contribution in [1.82, 2.24) is 10.2 Å². The molecule has 0 spiro atoms. The molecule has 0 radical (unpaired) electrons. The highest BCUT2D eigenvalue weighted by Crippen LogP contribution is 2.26. The molecule has 126 valence electrons. The van der Waals surface area contributed by atoms with Crippen LogP contribution in [0.25, 0.3) is 11.5 Å². The molecule has 9 heteroatoms. The van der Waals surface area contributed by atoms with Gasteiger partial charge in [-0.3, -0.25) is 10.1 Å². The van der Waals surface area contributed by atoms with Crippen LogP contribution in [0.3, 0.4) is 0 Å². The summed E-state index contributed by atoms with van der Waals surface area (Å²) in [6.45, 7) is -0.234. The second kappa shape index (κ2) is 7.22. The highest BCUT2D eigenvalue weighted by molar-refractivity contribution is 9.10. The number of aromatic nitrogens is 2. The Morgan fingerprint density at radius 2 is 1.96 bits per heavy atom. The second-order valence-electron chi connectivity index (χ2n) is 4.87. The van der Waals surface area contributed by atoms with E-state index in [9.17, 15) is 14.9 Å². The zero-order valence-electron chi connectivity index (χ0n) is 12.6. The molecule has 0 N–H and O–H groups in total. The Bertz CT molecular complexity index is 927. The van der Waals surface area contributed by atoms with Gasteiger partial charge >= 0.3 is 5.97 Å². The van der Waals surface area contributed by atoms with E-state index in [1.54, 1.807) is 0 Å². The number of hydrogen-bond donors (Lipinski definition) is 0. The lowest BCUT2D eigenvalue weighted by Crippen LogP contribution is -2.06. The second-order valence-corrected chi connectivity index (χ2v) is 5.72. The minimum absolute atomic E-state index is 0.0534. The third kappa shape index (κ3) is 3.89. The van der Waals surface area contributed by atoms with Crippen molar-refractivity contribution in [2.45, 2.75) is 6.61 Å². The Morgan fingerprint density at radius 1 is 1.20 bits per heavy atom. The van der Waals surface area contributed by atoms with E-state index in [0.29, 0.717) is 5.89 Å². The van der Waals surface area contributed by atoms with Crippen LogP contribution in [0.5, 0.6) is 0 Å². The molecule has 0 atom stereocenters. The van der Waals surface area contributed by atoms with Crippen LogP contribution in [0.2, 0.25) is 0 Å². The molecule has 1 aromatic heterocycles. The summed E-state index contributed by atoms with van der Waals surface area (Å²) in [6, 6.07) is 13.1. The average Bonchev–Trinajstić information content (AvgIpc) is 3.09. The minimum atomic E-state index is -0.727. The van der Waals surface area contributed by atoms with E-state index in [1.165, 1.54) is 12.1 Å². The van der Waals surface area contributed by atoms with Gasteiger partial charge in [0, 0.05) is 11.6 Å². The molecule has 25 heavy (non-hydrogen) atoms. The van der Waals surface area contributed by atoms with E-state index in [0.717, 1.165) is 11.6 Å². The van der Waals surface area contributed by atoms with Crippen LogP contribution >= 0.6 is 15.9 Å². The molecule has 0 amide bonds. The predicted molar refractivity (Wildman–Crippen MR) is 89.6 cm³/mol. The van der Waals surface area contributed by atoms with E-state index in [2.05, 4.69) is 26.1 Å². The van der Waals surface area contributed by atoms with Gasteiger partial charge in [0.05, 0.1) is 15.0 Å². The van der Waals surface area contributed by atoms with Crippen LogP contribution in [0.4, 0.5) is 5.69 Å². The molecule has 0 fully saturated rings. The number of carbonyl (C=O) groups excluding carboxylic acids is 1. The molecule has 0 bridgehead atoms. The smallest absolute Gasteiger partial charge is 0.338 e. The van der Waals surface area contributed by atoms with Gasteiger partial charge in [-0.25, -0.2) is 4.79 Å². The Balaban J connectivity index is 1.68. The van der Waals surface area contributed by atoms with Gasteiger partial charge in [0.15, 0.2) is 6.61 Å². The summed E-state index contributed by atoms with van der Waals surface area (Å²) in [6.07, 6.45) is 0. The number of benzene rings is 2. The summed E-state index contributed by atoms with van der Waals surface area (Å²) in [5, 5.41) is 18.6. The fourth-order valence-corrected chi connectivity index (χ4v) is 2.39. The number of carbonyl (C=O) groups is 1. The summed E-state index contributed by atoms with van der Waals surface area (Å²) in [7, 11) is 0. The Labute approximate surface area is 149 Å². The number of hydrogen-bond acceptors (Lipinski definition) is 7. The van der Waals surface area contributed by atoms with Crippen molar-refractivity contribution in [3.8, 4) is 11.5 Å². The zero-order valence-corrected chi connectivity index (χ0v) is 14.2. The van der Waals surface area contributed by atoms with Crippen molar-refractivity contribution in [3.05, 3.63) is 74.6 Å². The first kappa shape index (κ1) is 16.8. The van der Waals surface area contributed by atoms with Crippen LogP contribution in [0, 0.1) is 10.1 Å². The Morgan fingerprint density at radius 3 is 2.68 bits per heavy atom. The number of esters is 1. The van der Waals surface area contributed by atoms with Gasteiger partial charge < -0.3 is 9.15 Å². The Hall–Kier alpha value is -3.07. The molecule has 0 unspecified atom stereocenters. The van der Waals surface area contributed by atoms with Gasteiger partial charge in [-0.05, 0) is 40.2 Å². The minimum Gasteiger partial charge on any atom is -0.452 e. The quantitative estimate of drug-likeness (QED) is 0.362. The molecule has 0 saturated heterocycles. The molecule has 0 aliphatic rings. The van der Waals surface area contributed by atoms with E-state index in [4.69, 9.17) is 9.15 Å². The molecule has 2 aromatic carbocycles. The number of nitro benzene ring substituents is 1. The molecule has 0 aliphatic heterocycles. The largest absolute Gasteiger partial charge is 0.452 e. The van der Waals surface area contributed by atoms with E-state index in [1.807, 2.05) is 30.3 Å². The number of halogens is 1. The highest BCUT2D eigenvalue weighted by atomic mass is 79.9. The Kier molecular flexibility index (Phi) is 4.85. The molecule has 0 saturated carbocycles. The summed E-state index contributed by atoms with van der Waals surface area (Å²) in [5.74, 6) is -0.292. The van der Waals surface area contributed by atoms with Crippen LogP contribution in [0.15, 0.2) is 57.4 Å². The van der Waals surface area contributed by atoms with Crippen molar-refractivity contribution in [3.63, 3.8) is 0 Å². The van der Waals surface area contributed by atoms with Gasteiger partial charge in [-0.2, -0.15) is 0 Å². The molecule has 3 rings (SSSR count). The van der Waals surface area contributed by atoms with Gasteiger partial charge in [0.1, 0.15) is 0 Å². The van der Waals surface area contributed by atoms with Crippen LogP contribution in [-0.2, 0) is 11.3 Å². The maximum absolute atomic E-state index is 12.0. The van der Waals surface area contributed by atoms with E-state index >= 15 is 0 Å². The number of ether oxygens (including phenoxy) is 1. The lowest BCUT2D eigenvalue weighted by Gasteiger charge is -2.03. The maximum Gasteiger partial charge on any atom is 0.338 e. The summed E-state index contributed by atoms with van der Waals surface area (Å²) in [5.41, 5.74) is 0.576. The summed E-state index contributed by atoms with van der Waals surface area (Å²) >= 11 is 3.05. The van der Waals surface area contributed by atoms with Crippen molar-refractivity contribution in [1.29, 1.82) is 0 Å². The molecule has 3 aromatic rings. The molecule has 1 heterocycles. The SMILES string of the molecule is O=C(OCc1nnc(-c2ccccc2)o1)c1ccc(Br)c([N+](=O)[O-])c1. The fraction of sp³-hybridized carbons (Fsp3) is 0.0625. The lowest BCUT2D eigenvalue weighted by atomic mass is 10.2. The van der Waals surface area contributed by atoms with Crippen LogP contribution < -0.4 is 0 Å². The molecule has 8 nitrogen and oxygen atoms in total. The summed E-state index contributed by atoms with van der Waals surface area (Å²) in [4.78, 5) is 22.3. The average molecular weight is 404 g/mol. The molecular weight excluding hydrogens is 394 g/mol. The van der Waals surface area contributed by atoms with Crippen molar-refractivity contribution >= 4 is 27.6 Å². The highest BCUT2D eigenvalue weighted by Gasteiger charge is 2.18. The molecular formula is C16H10BrN3O5. The topological polar surface area (TPSA) is 108 Å². The van der Waals surface area contributed by atoms with E-state index in [-0.39, 0.29) is 28.2 Å². The van der Waals surface area contributed by atoms with E-state index < -0.39 is 10.9 Å². The zero-order chi connectivity index (χ0) is 17.8. The van der Waals surface area contributed by atoms with Gasteiger partial charge in [0.2, 0.25) is 5.89 Å². The van der Waals surface area contributed by atoms with Crippen LogP contribution in [0.1, 0.15) is 16.2 Å². The van der Waals surface area contributed by atoms with Crippen molar-refractivity contribution in [2.24, 2.45) is 0 Å². The maximum atomic E-state index is 12.0. The number of nitro groups is 1.